The molecule has 0 saturated carbocycles. The minimum Gasteiger partial charge on any atom is -0.349 e. The van der Waals surface area contributed by atoms with Crippen molar-refractivity contribution in [2.45, 2.75) is 32.4 Å². The van der Waals surface area contributed by atoms with Crippen LogP contribution in [0, 0.1) is 5.92 Å². The van der Waals surface area contributed by atoms with Crippen molar-refractivity contribution in [1.82, 2.24) is 10.2 Å². The zero-order valence-electron chi connectivity index (χ0n) is 14.6. The average molecular weight is 357 g/mol. The van der Waals surface area contributed by atoms with E-state index in [-0.39, 0.29) is 17.9 Å². The molecule has 3 nitrogen and oxygen atoms in total. The molecule has 132 valence electrons. The van der Waals surface area contributed by atoms with Crippen LogP contribution >= 0.6 is 11.6 Å². The molecule has 0 bridgehead atoms. The molecule has 4 heteroatoms. The minimum atomic E-state index is -0.00531. The molecule has 25 heavy (non-hydrogen) atoms. The van der Waals surface area contributed by atoms with Gasteiger partial charge >= 0.3 is 0 Å². The fourth-order valence-corrected chi connectivity index (χ4v) is 3.55. The minimum absolute atomic E-state index is 0.00531. The zero-order chi connectivity index (χ0) is 17.6. The normalized spacial score (nSPS) is 19.4. The van der Waals surface area contributed by atoms with Gasteiger partial charge in [-0.2, -0.15) is 0 Å². The van der Waals surface area contributed by atoms with E-state index in [0.717, 1.165) is 38.0 Å². The first-order valence-corrected chi connectivity index (χ1v) is 9.32. The highest BCUT2D eigenvalue weighted by Crippen LogP contribution is 2.21. The fourth-order valence-electron chi connectivity index (χ4n) is 3.42. The number of carbonyl (C=O) groups is 1. The van der Waals surface area contributed by atoms with Gasteiger partial charge in [-0.1, -0.05) is 54.1 Å². The van der Waals surface area contributed by atoms with Crippen LogP contribution in [0.4, 0.5) is 0 Å². The number of nitrogens with one attached hydrogen (secondary N) is 1. The first kappa shape index (κ1) is 18.0. The second-order valence-electron chi connectivity index (χ2n) is 6.84. The van der Waals surface area contributed by atoms with E-state index in [1.165, 1.54) is 5.56 Å². The van der Waals surface area contributed by atoms with Crippen molar-refractivity contribution >= 4 is 17.5 Å². The summed E-state index contributed by atoms with van der Waals surface area (Å²) in [6.45, 7) is 4.82. The van der Waals surface area contributed by atoms with Crippen molar-refractivity contribution in [3.8, 4) is 0 Å². The molecule has 2 aromatic rings. The van der Waals surface area contributed by atoms with Gasteiger partial charge in [0.1, 0.15) is 0 Å². The Kier molecular flexibility index (Phi) is 6.11. The SMILES string of the molecule is C[C@H](NC(=O)[C@H]1CCCN(Cc2ccccc2)C1)c1ccc(Cl)cc1. The van der Waals surface area contributed by atoms with E-state index in [4.69, 9.17) is 11.6 Å². The zero-order valence-corrected chi connectivity index (χ0v) is 15.4. The predicted octanol–water partition coefficient (Wildman–Crippen LogP) is 4.43. The second kappa shape index (κ2) is 8.50. The Hall–Kier alpha value is -1.84. The Morgan fingerprint density at radius 3 is 2.64 bits per heavy atom. The molecule has 1 aliphatic heterocycles. The lowest BCUT2D eigenvalue weighted by atomic mass is 9.96. The number of likely N-dealkylation sites (tertiary alicyclic amines) is 1. The molecule has 2 atom stereocenters. The van der Waals surface area contributed by atoms with E-state index >= 15 is 0 Å². The summed E-state index contributed by atoms with van der Waals surface area (Å²) in [6.07, 6.45) is 2.03. The van der Waals surface area contributed by atoms with Crippen LogP contribution in [0.25, 0.3) is 0 Å². The van der Waals surface area contributed by atoms with Gasteiger partial charge < -0.3 is 5.32 Å². The van der Waals surface area contributed by atoms with Gasteiger partial charge in [-0.15, -0.1) is 0 Å². The van der Waals surface area contributed by atoms with E-state index in [1.807, 2.05) is 37.3 Å². The third-order valence-electron chi connectivity index (χ3n) is 4.85. The molecule has 0 radical (unpaired) electrons. The number of benzene rings is 2. The summed E-state index contributed by atoms with van der Waals surface area (Å²) in [5, 5.41) is 3.88. The number of rotatable bonds is 5. The topological polar surface area (TPSA) is 32.3 Å². The summed E-state index contributed by atoms with van der Waals surface area (Å²) in [5.41, 5.74) is 2.38. The van der Waals surface area contributed by atoms with Crippen molar-refractivity contribution < 1.29 is 4.79 Å². The van der Waals surface area contributed by atoms with Crippen LogP contribution in [0.2, 0.25) is 5.02 Å². The average Bonchev–Trinajstić information content (AvgIpc) is 2.63. The Balaban J connectivity index is 1.55. The van der Waals surface area contributed by atoms with E-state index < -0.39 is 0 Å². The molecule has 2 aromatic carbocycles. The van der Waals surface area contributed by atoms with Crippen LogP contribution in [-0.2, 0) is 11.3 Å². The molecule has 1 amide bonds. The van der Waals surface area contributed by atoms with Gasteiger partial charge in [0.15, 0.2) is 0 Å². The maximum absolute atomic E-state index is 12.7. The fraction of sp³-hybridized carbons (Fsp3) is 0.381. The monoisotopic (exact) mass is 356 g/mol. The molecule has 1 aliphatic rings. The number of carbonyl (C=O) groups excluding carboxylic acids is 1. The standard InChI is InChI=1S/C21H25ClN2O/c1-16(18-9-11-20(22)12-10-18)23-21(25)19-8-5-13-24(15-19)14-17-6-3-2-4-7-17/h2-4,6-7,9-12,16,19H,5,8,13-15H2,1H3,(H,23,25)/t16-,19-/m0/s1. The first-order chi connectivity index (χ1) is 12.1. The van der Waals surface area contributed by atoms with Crippen molar-refractivity contribution in [2.75, 3.05) is 13.1 Å². The van der Waals surface area contributed by atoms with Crippen molar-refractivity contribution in [2.24, 2.45) is 5.92 Å². The molecule has 0 aromatic heterocycles. The summed E-state index contributed by atoms with van der Waals surface area (Å²) in [4.78, 5) is 15.1. The molecule has 1 heterocycles. The van der Waals surface area contributed by atoms with Crippen LogP contribution in [0.15, 0.2) is 54.6 Å². The van der Waals surface area contributed by atoms with Crippen molar-refractivity contribution in [1.29, 1.82) is 0 Å². The van der Waals surface area contributed by atoms with Crippen molar-refractivity contribution in [3.63, 3.8) is 0 Å². The second-order valence-corrected chi connectivity index (χ2v) is 7.28. The van der Waals surface area contributed by atoms with Gasteiger partial charge in [0.25, 0.3) is 0 Å². The first-order valence-electron chi connectivity index (χ1n) is 8.94. The van der Waals surface area contributed by atoms with Gasteiger partial charge in [-0.05, 0) is 49.6 Å². The number of amides is 1. The maximum atomic E-state index is 12.7. The number of halogens is 1. The molecule has 0 spiro atoms. The number of hydrogen-bond acceptors (Lipinski definition) is 2. The Morgan fingerprint density at radius 2 is 1.92 bits per heavy atom. The van der Waals surface area contributed by atoms with Gasteiger partial charge in [-0.25, -0.2) is 0 Å². The van der Waals surface area contributed by atoms with E-state index in [0.29, 0.717) is 5.02 Å². The summed E-state index contributed by atoms with van der Waals surface area (Å²) < 4.78 is 0. The molecule has 0 aliphatic carbocycles. The van der Waals surface area contributed by atoms with Gasteiger partial charge in [0, 0.05) is 18.1 Å². The molecule has 1 saturated heterocycles. The lowest BCUT2D eigenvalue weighted by Crippen LogP contribution is -2.43. The van der Waals surface area contributed by atoms with Crippen molar-refractivity contribution in [3.05, 3.63) is 70.7 Å². The summed E-state index contributed by atoms with van der Waals surface area (Å²) >= 11 is 5.93. The Labute approximate surface area is 155 Å². The summed E-state index contributed by atoms with van der Waals surface area (Å²) in [7, 11) is 0. The smallest absolute Gasteiger partial charge is 0.224 e. The molecule has 3 rings (SSSR count). The highest BCUT2D eigenvalue weighted by Gasteiger charge is 2.26. The highest BCUT2D eigenvalue weighted by molar-refractivity contribution is 6.30. The lowest BCUT2D eigenvalue weighted by Gasteiger charge is -2.32. The summed E-state index contributed by atoms with van der Waals surface area (Å²) in [6, 6.07) is 18.1. The summed E-state index contributed by atoms with van der Waals surface area (Å²) in [5.74, 6) is 0.215. The largest absolute Gasteiger partial charge is 0.349 e. The predicted molar refractivity (Wildman–Crippen MR) is 102 cm³/mol. The van der Waals surface area contributed by atoms with Gasteiger partial charge in [0.2, 0.25) is 5.91 Å². The molecule has 1 N–H and O–H groups in total. The van der Waals surface area contributed by atoms with Crippen LogP contribution < -0.4 is 5.32 Å². The highest BCUT2D eigenvalue weighted by atomic mass is 35.5. The third-order valence-corrected chi connectivity index (χ3v) is 5.11. The van der Waals surface area contributed by atoms with Crippen LogP contribution in [0.1, 0.15) is 36.9 Å². The Morgan fingerprint density at radius 1 is 1.20 bits per heavy atom. The molecule has 1 fully saturated rings. The number of hydrogen-bond donors (Lipinski definition) is 1. The van der Waals surface area contributed by atoms with E-state index in [9.17, 15) is 4.79 Å². The molecule has 0 unspecified atom stereocenters. The Bertz CT molecular complexity index is 687. The van der Waals surface area contributed by atoms with E-state index in [1.54, 1.807) is 0 Å². The van der Waals surface area contributed by atoms with Gasteiger partial charge in [-0.3, -0.25) is 9.69 Å². The quantitative estimate of drug-likeness (QED) is 0.859. The van der Waals surface area contributed by atoms with E-state index in [2.05, 4.69) is 34.5 Å². The third kappa shape index (κ3) is 5.07. The molecular formula is C21H25ClN2O. The maximum Gasteiger partial charge on any atom is 0.224 e. The van der Waals surface area contributed by atoms with Crippen LogP contribution in [0.5, 0.6) is 0 Å². The lowest BCUT2D eigenvalue weighted by molar-refractivity contribution is -0.127. The number of nitrogens with zero attached hydrogens (tertiary/aromatic N) is 1. The van der Waals surface area contributed by atoms with Crippen LogP contribution in [-0.4, -0.2) is 23.9 Å². The van der Waals surface area contributed by atoms with Gasteiger partial charge in [0.05, 0.1) is 12.0 Å². The van der Waals surface area contributed by atoms with Crippen LogP contribution in [0.3, 0.4) is 0 Å². The number of piperidine rings is 1. The molecular weight excluding hydrogens is 332 g/mol.